The van der Waals surface area contributed by atoms with Crippen LogP contribution in [-0.4, -0.2) is 27.2 Å². The lowest BCUT2D eigenvalue weighted by molar-refractivity contribution is -0.124. The van der Waals surface area contributed by atoms with Gasteiger partial charge in [0.1, 0.15) is 11.0 Å². The van der Waals surface area contributed by atoms with Gasteiger partial charge in [0.15, 0.2) is 0 Å². The molecule has 1 aromatic heterocycles. The highest BCUT2D eigenvalue weighted by atomic mass is 16.6. The average Bonchev–Trinajstić information content (AvgIpc) is 3.04. The van der Waals surface area contributed by atoms with Crippen LogP contribution in [0, 0.1) is 0 Å². The zero-order valence-corrected chi connectivity index (χ0v) is 12.5. The van der Waals surface area contributed by atoms with Crippen molar-refractivity contribution in [1.82, 2.24) is 15.2 Å². The van der Waals surface area contributed by atoms with Crippen LogP contribution < -0.4 is 5.73 Å². The molecular formula is C17H16N4O2. The standard InChI is InChI=1S/C17H16N4O2/c18-17(22)15-8-11-4-1-2-5-12(11)9-21(15)10-13-6-3-7-14-16(13)20-23-19-14/h1-7,15H,8-10H2,(H2,18,22)/t15-/m0/s1. The lowest BCUT2D eigenvalue weighted by Gasteiger charge is -2.35. The number of benzene rings is 2. The number of rotatable bonds is 3. The molecule has 23 heavy (non-hydrogen) atoms. The van der Waals surface area contributed by atoms with Crippen molar-refractivity contribution in [1.29, 1.82) is 0 Å². The molecule has 6 heteroatoms. The fourth-order valence-electron chi connectivity index (χ4n) is 3.23. The Labute approximate surface area is 132 Å². The molecular weight excluding hydrogens is 292 g/mol. The quantitative estimate of drug-likeness (QED) is 0.795. The van der Waals surface area contributed by atoms with Crippen molar-refractivity contribution in [3.63, 3.8) is 0 Å². The van der Waals surface area contributed by atoms with Crippen molar-refractivity contribution in [2.24, 2.45) is 5.73 Å². The molecule has 0 bridgehead atoms. The summed E-state index contributed by atoms with van der Waals surface area (Å²) >= 11 is 0. The SMILES string of the molecule is NC(=O)[C@@H]1Cc2ccccc2CN1Cc1cccc2nonc12. The molecule has 1 atom stereocenters. The second-order valence-electron chi connectivity index (χ2n) is 5.85. The first-order valence-electron chi connectivity index (χ1n) is 7.52. The summed E-state index contributed by atoms with van der Waals surface area (Å²) in [4.78, 5) is 14.0. The lowest BCUT2D eigenvalue weighted by atomic mass is 9.93. The minimum absolute atomic E-state index is 0.301. The van der Waals surface area contributed by atoms with E-state index >= 15 is 0 Å². The fourth-order valence-corrected chi connectivity index (χ4v) is 3.23. The van der Waals surface area contributed by atoms with E-state index in [-0.39, 0.29) is 11.9 Å². The van der Waals surface area contributed by atoms with Crippen molar-refractivity contribution >= 4 is 16.9 Å². The molecule has 0 saturated heterocycles. The lowest BCUT2D eigenvalue weighted by Crippen LogP contribution is -2.48. The van der Waals surface area contributed by atoms with E-state index < -0.39 is 0 Å². The van der Waals surface area contributed by atoms with E-state index in [0.717, 1.165) is 16.6 Å². The number of hydrogen-bond acceptors (Lipinski definition) is 5. The molecule has 6 nitrogen and oxygen atoms in total. The first-order chi connectivity index (χ1) is 11.2. The summed E-state index contributed by atoms with van der Waals surface area (Å²) in [5, 5.41) is 7.84. The van der Waals surface area contributed by atoms with Crippen LogP contribution in [0.2, 0.25) is 0 Å². The molecule has 2 aromatic carbocycles. The number of nitrogens with zero attached hydrogens (tertiary/aromatic N) is 3. The van der Waals surface area contributed by atoms with Crippen LogP contribution in [-0.2, 0) is 24.3 Å². The third-order valence-corrected chi connectivity index (χ3v) is 4.42. The molecule has 4 rings (SSSR count). The topological polar surface area (TPSA) is 85.3 Å². The number of nitrogens with two attached hydrogens (primary N) is 1. The van der Waals surface area contributed by atoms with Crippen LogP contribution in [0.5, 0.6) is 0 Å². The number of aromatic nitrogens is 2. The molecule has 1 aliphatic heterocycles. The third kappa shape index (κ3) is 2.47. The first-order valence-corrected chi connectivity index (χ1v) is 7.52. The van der Waals surface area contributed by atoms with E-state index in [0.29, 0.717) is 19.5 Å². The number of carbonyl (C=O) groups excluding carboxylic acids is 1. The van der Waals surface area contributed by atoms with Crippen molar-refractivity contribution in [2.75, 3.05) is 0 Å². The van der Waals surface area contributed by atoms with Gasteiger partial charge in [0.2, 0.25) is 5.91 Å². The molecule has 1 amide bonds. The third-order valence-electron chi connectivity index (χ3n) is 4.42. The Morgan fingerprint density at radius 2 is 2.00 bits per heavy atom. The minimum Gasteiger partial charge on any atom is -0.368 e. The predicted octanol–water partition coefficient (Wildman–Crippen LogP) is 1.63. The molecule has 0 unspecified atom stereocenters. The molecule has 0 fully saturated rings. The predicted molar refractivity (Wildman–Crippen MR) is 84.2 cm³/mol. The average molecular weight is 308 g/mol. The Morgan fingerprint density at radius 3 is 2.83 bits per heavy atom. The molecule has 0 radical (unpaired) electrons. The first kappa shape index (κ1) is 13.9. The molecule has 2 heterocycles. The Hall–Kier alpha value is -2.73. The maximum atomic E-state index is 11.9. The smallest absolute Gasteiger partial charge is 0.235 e. The van der Waals surface area contributed by atoms with Crippen LogP contribution in [0.3, 0.4) is 0 Å². The minimum atomic E-state index is -0.319. The van der Waals surface area contributed by atoms with Gasteiger partial charge in [-0.2, -0.15) is 0 Å². The van der Waals surface area contributed by atoms with Crippen molar-refractivity contribution in [3.8, 4) is 0 Å². The summed E-state index contributed by atoms with van der Waals surface area (Å²) in [6, 6.07) is 13.6. The summed E-state index contributed by atoms with van der Waals surface area (Å²) in [5.41, 5.74) is 10.5. The van der Waals surface area contributed by atoms with Crippen LogP contribution in [0.1, 0.15) is 16.7 Å². The van der Waals surface area contributed by atoms with Gasteiger partial charge in [-0.1, -0.05) is 36.4 Å². The zero-order valence-electron chi connectivity index (χ0n) is 12.5. The van der Waals surface area contributed by atoms with E-state index in [2.05, 4.69) is 27.3 Å². The van der Waals surface area contributed by atoms with Crippen LogP contribution in [0.4, 0.5) is 0 Å². The van der Waals surface area contributed by atoms with Crippen molar-refractivity contribution < 1.29 is 9.42 Å². The molecule has 0 spiro atoms. The Morgan fingerprint density at radius 1 is 1.17 bits per heavy atom. The van der Waals surface area contributed by atoms with Gasteiger partial charge in [-0.3, -0.25) is 9.69 Å². The summed E-state index contributed by atoms with van der Waals surface area (Å²) in [6.45, 7) is 1.26. The summed E-state index contributed by atoms with van der Waals surface area (Å²) in [5.74, 6) is -0.301. The normalized spacial score (nSPS) is 18.0. The Kier molecular flexibility index (Phi) is 3.31. The van der Waals surface area contributed by atoms with E-state index in [4.69, 9.17) is 10.4 Å². The van der Waals surface area contributed by atoms with Gasteiger partial charge in [-0.25, -0.2) is 4.63 Å². The van der Waals surface area contributed by atoms with Gasteiger partial charge in [0.25, 0.3) is 0 Å². The number of fused-ring (bicyclic) bond motifs is 2. The summed E-state index contributed by atoms with van der Waals surface area (Å²) < 4.78 is 4.82. The molecule has 0 saturated carbocycles. The van der Waals surface area contributed by atoms with Crippen LogP contribution >= 0.6 is 0 Å². The second-order valence-corrected chi connectivity index (χ2v) is 5.85. The fraction of sp³-hybridized carbons (Fsp3) is 0.235. The molecule has 2 N–H and O–H groups in total. The van der Waals surface area contributed by atoms with Crippen LogP contribution in [0.25, 0.3) is 11.0 Å². The maximum absolute atomic E-state index is 11.9. The number of amides is 1. The monoisotopic (exact) mass is 308 g/mol. The van der Waals surface area contributed by atoms with Crippen molar-refractivity contribution in [2.45, 2.75) is 25.6 Å². The molecule has 116 valence electrons. The van der Waals surface area contributed by atoms with E-state index in [1.807, 2.05) is 30.3 Å². The van der Waals surface area contributed by atoms with Crippen molar-refractivity contribution in [3.05, 3.63) is 59.2 Å². The zero-order chi connectivity index (χ0) is 15.8. The van der Waals surface area contributed by atoms with Crippen LogP contribution in [0.15, 0.2) is 47.1 Å². The van der Waals surface area contributed by atoms with Gasteiger partial charge >= 0.3 is 0 Å². The van der Waals surface area contributed by atoms with Gasteiger partial charge < -0.3 is 5.73 Å². The second kappa shape index (κ2) is 5.48. The van der Waals surface area contributed by atoms with E-state index in [9.17, 15) is 4.79 Å². The highest BCUT2D eigenvalue weighted by Gasteiger charge is 2.30. The number of primary amides is 1. The summed E-state index contributed by atoms with van der Waals surface area (Å²) in [6.07, 6.45) is 0.637. The summed E-state index contributed by atoms with van der Waals surface area (Å²) in [7, 11) is 0. The molecule has 1 aliphatic rings. The van der Waals surface area contributed by atoms with Gasteiger partial charge in [-0.05, 0) is 39.5 Å². The maximum Gasteiger partial charge on any atom is 0.235 e. The van der Waals surface area contributed by atoms with Gasteiger partial charge in [0.05, 0.1) is 6.04 Å². The number of carbonyl (C=O) groups is 1. The van der Waals surface area contributed by atoms with E-state index in [1.54, 1.807) is 0 Å². The highest BCUT2D eigenvalue weighted by Crippen LogP contribution is 2.26. The highest BCUT2D eigenvalue weighted by molar-refractivity contribution is 5.81. The van der Waals surface area contributed by atoms with Gasteiger partial charge in [0, 0.05) is 13.1 Å². The number of hydrogen-bond donors (Lipinski definition) is 1. The molecule has 3 aromatic rings. The molecule has 0 aliphatic carbocycles. The van der Waals surface area contributed by atoms with Gasteiger partial charge in [-0.15, -0.1) is 0 Å². The Balaban J connectivity index is 1.69. The Bertz CT molecular complexity index is 874. The largest absolute Gasteiger partial charge is 0.368 e. The van der Waals surface area contributed by atoms with E-state index in [1.165, 1.54) is 11.1 Å².